The van der Waals surface area contributed by atoms with Crippen LogP contribution in [0.3, 0.4) is 0 Å². The number of aliphatic carboxylic acids is 1. The van der Waals surface area contributed by atoms with E-state index >= 15 is 0 Å². The summed E-state index contributed by atoms with van der Waals surface area (Å²) in [4.78, 5) is 15.0. The summed E-state index contributed by atoms with van der Waals surface area (Å²) in [6, 6.07) is 7.48. The highest BCUT2D eigenvalue weighted by atomic mass is 32.1. The average molecular weight is 301 g/mol. The highest BCUT2D eigenvalue weighted by molar-refractivity contribution is 7.80. The maximum Gasteiger partial charge on any atom is 0.304 e. The van der Waals surface area contributed by atoms with Gasteiger partial charge in [0, 0.05) is 0 Å². The van der Waals surface area contributed by atoms with Crippen LogP contribution in [-0.2, 0) is 4.79 Å². The van der Waals surface area contributed by atoms with Crippen molar-refractivity contribution >= 4 is 44.8 Å². The summed E-state index contributed by atoms with van der Waals surface area (Å²) in [6.07, 6.45) is -0.241. The van der Waals surface area contributed by atoms with E-state index in [2.05, 4.69) is 17.2 Å². The van der Waals surface area contributed by atoms with E-state index < -0.39 is 11.9 Å². The van der Waals surface area contributed by atoms with E-state index in [4.69, 9.17) is 5.11 Å². The molecule has 1 atom stereocenters. The third-order valence-corrected chi connectivity index (χ3v) is 3.72. The second-order valence-electron chi connectivity index (χ2n) is 3.51. The van der Waals surface area contributed by atoms with Gasteiger partial charge < -0.3 is 22.5 Å². The Labute approximate surface area is 119 Å². The molecule has 19 heavy (non-hydrogen) atoms. The smallest absolute Gasteiger partial charge is 0.304 e. The zero-order valence-electron chi connectivity index (χ0n) is 10.1. The van der Waals surface area contributed by atoms with Crippen molar-refractivity contribution in [2.24, 2.45) is 0 Å². The molecule has 0 fully saturated rings. The molecule has 0 amide bonds. The molecule has 0 saturated heterocycles. The van der Waals surface area contributed by atoms with E-state index in [1.54, 1.807) is 0 Å². The van der Waals surface area contributed by atoms with Crippen molar-refractivity contribution in [3.05, 3.63) is 29.3 Å². The van der Waals surface area contributed by atoms with Crippen molar-refractivity contribution in [1.82, 2.24) is 17.3 Å². The average Bonchev–Trinajstić information content (AvgIpc) is 2.68. The summed E-state index contributed by atoms with van der Waals surface area (Å²) >= 11 is 6.03. The van der Waals surface area contributed by atoms with Gasteiger partial charge in [-0.1, -0.05) is 12.1 Å². The second kappa shape index (κ2) is 7.10. The number of carboxylic acid groups (broad SMARTS) is 1. The third-order valence-electron chi connectivity index (χ3n) is 2.29. The van der Waals surface area contributed by atoms with Gasteiger partial charge in [-0.3, -0.25) is 4.79 Å². The number of carbonyl (C=O) groups is 1. The first kappa shape index (κ1) is 17.4. The Morgan fingerprint density at radius 2 is 1.95 bits per heavy atom. The lowest BCUT2D eigenvalue weighted by Crippen LogP contribution is -2.14. The second-order valence-corrected chi connectivity index (χ2v) is 4.99. The van der Waals surface area contributed by atoms with Gasteiger partial charge in [0.05, 0.1) is 22.6 Å². The Balaban J connectivity index is 0.00000162. The van der Waals surface area contributed by atoms with Crippen LogP contribution < -0.4 is 12.3 Å². The number of benzene rings is 1. The van der Waals surface area contributed by atoms with Crippen molar-refractivity contribution in [3.63, 3.8) is 0 Å². The monoisotopic (exact) mass is 301 g/mol. The van der Waals surface area contributed by atoms with Gasteiger partial charge >= 0.3 is 5.97 Å². The quantitative estimate of drug-likeness (QED) is 0.636. The van der Waals surface area contributed by atoms with Crippen LogP contribution in [0, 0.1) is 0 Å². The van der Waals surface area contributed by atoms with Crippen LogP contribution >= 0.6 is 23.6 Å². The Morgan fingerprint density at radius 1 is 1.32 bits per heavy atom. The van der Waals surface area contributed by atoms with E-state index in [9.17, 15) is 9.90 Å². The Kier molecular flexibility index (Phi) is 6.49. The fraction of sp³-hybridized carbons (Fsp3) is 0.182. The number of hydrogen-bond acceptors (Lipinski definition) is 6. The Hall–Kier alpha value is -1.61. The number of carboxylic acids is 1. The maximum absolute atomic E-state index is 10.7. The minimum Gasteiger partial charge on any atom is -0.501 e. The first-order chi connectivity index (χ1) is 8.08. The van der Waals surface area contributed by atoms with Crippen molar-refractivity contribution in [2.45, 2.75) is 12.3 Å². The normalized spacial score (nSPS) is 11.2. The Bertz CT molecular complexity index is 552. The van der Waals surface area contributed by atoms with Crippen LogP contribution in [0.4, 0.5) is 0 Å². The Morgan fingerprint density at radius 3 is 2.47 bits per heavy atom. The predicted octanol–water partition coefficient (Wildman–Crippen LogP) is 3.06. The van der Waals surface area contributed by atoms with Crippen LogP contribution in [0.1, 0.15) is 17.3 Å². The van der Waals surface area contributed by atoms with Crippen LogP contribution in [0.2, 0.25) is 0 Å². The molecule has 104 valence electrons. The lowest BCUT2D eigenvalue weighted by molar-refractivity contribution is -0.137. The standard InChI is InChI=1S/C11H9NO3S2.2H3N/c13-9(14)5-6(11(15)16)10-12-7-3-1-2-4-8(7)17-10;;/h1-4,6H,5H2,(H,13,14)(H,15,16);2*1H3. The highest BCUT2D eigenvalue weighted by Gasteiger charge is 2.23. The maximum atomic E-state index is 10.7. The molecular formula is C11H15N3O3S2. The van der Waals surface area contributed by atoms with Gasteiger partial charge in [0.1, 0.15) is 5.01 Å². The van der Waals surface area contributed by atoms with Gasteiger partial charge in [0.15, 0.2) is 5.05 Å². The van der Waals surface area contributed by atoms with E-state index in [1.807, 2.05) is 24.3 Å². The number of aliphatic hydroxyl groups is 1. The van der Waals surface area contributed by atoms with Crippen LogP contribution in [0.5, 0.6) is 0 Å². The zero-order chi connectivity index (χ0) is 12.4. The number of fused-ring (bicyclic) bond motifs is 1. The van der Waals surface area contributed by atoms with Gasteiger partial charge in [-0.2, -0.15) is 0 Å². The number of nitrogens with zero attached hydrogens (tertiary/aromatic N) is 1. The molecule has 6 nitrogen and oxygen atoms in total. The number of thiocarbonyl (C=S) groups is 1. The summed E-state index contributed by atoms with van der Waals surface area (Å²) in [5, 5.41) is 18.4. The van der Waals surface area contributed by atoms with Gasteiger partial charge in [0.25, 0.3) is 0 Å². The van der Waals surface area contributed by atoms with E-state index in [0.29, 0.717) is 5.01 Å². The number of aromatic nitrogens is 1. The first-order valence-corrected chi connectivity index (χ1v) is 6.10. The SMILES string of the molecule is N.N.O=C(O)CC(C(O)=S)c1nc2ccccc2s1. The van der Waals surface area contributed by atoms with Crippen molar-refractivity contribution in [1.29, 1.82) is 0 Å². The van der Waals surface area contributed by atoms with Gasteiger partial charge in [-0.25, -0.2) is 4.98 Å². The number of para-hydroxylation sites is 1. The van der Waals surface area contributed by atoms with Gasteiger partial charge in [0.2, 0.25) is 0 Å². The summed E-state index contributed by atoms with van der Waals surface area (Å²) in [6.45, 7) is 0. The first-order valence-electron chi connectivity index (χ1n) is 4.88. The number of rotatable bonds is 4. The molecule has 0 bridgehead atoms. The highest BCUT2D eigenvalue weighted by Crippen LogP contribution is 2.29. The number of aliphatic hydroxyl groups excluding tert-OH is 1. The van der Waals surface area contributed by atoms with Gasteiger partial charge in [-0.05, 0) is 24.4 Å². The minimum atomic E-state index is -1.01. The molecule has 2 aromatic rings. The lowest BCUT2D eigenvalue weighted by Gasteiger charge is -2.07. The molecule has 0 saturated carbocycles. The molecule has 8 N–H and O–H groups in total. The van der Waals surface area contributed by atoms with Crippen LogP contribution in [0.25, 0.3) is 10.2 Å². The van der Waals surface area contributed by atoms with E-state index in [1.165, 1.54) is 11.3 Å². The largest absolute Gasteiger partial charge is 0.501 e. The molecule has 1 aromatic heterocycles. The summed E-state index contributed by atoms with van der Waals surface area (Å²) < 4.78 is 0.953. The summed E-state index contributed by atoms with van der Waals surface area (Å²) in [7, 11) is 0. The summed E-state index contributed by atoms with van der Waals surface area (Å²) in [5.74, 6) is -1.72. The van der Waals surface area contributed by atoms with Crippen molar-refractivity contribution in [2.75, 3.05) is 0 Å². The topological polar surface area (TPSA) is 140 Å². The molecule has 0 aliphatic heterocycles. The number of hydrogen-bond donors (Lipinski definition) is 4. The molecule has 0 aliphatic rings. The molecule has 0 radical (unpaired) electrons. The lowest BCUT2D eigenvalue weighted by atomic mass is 10.1. The molecule has 8 heteroatoms. The third kappa shape index (κ3) is 3.93. The molecule has 2 rings (SSSR count). The summed E-state index contributed by atoms with van der Waals surface area (Å²) in [5.41, 5.74) is 0.791. The molecule has 1 heterocycles. The predicted molar refractivity (Wildman–Crippen MR) is 79.9 cm³/mol. The van der Waals surface area contributed by atoms with Crippen LogP contribution in [-0.4, -0.2) is 26.2 Å². The minimum absolute atomic E-state index is 0. The van der Waals surface area contributed by atoms with Crippen LogP contribution in [0.15, 0.2) is 24.3 Å². The molecule has 0 spiro atoms. The molecule has 1 aromatic carbocycles. The van der Waals surface area contributed by atoms with Gasteiger partial charge in [-0.15, -0.1) is 11.3 Å². The molecule has 1 unspecified atom stereocenters. The zero-order valence-corrected chi connectivity index (χ0v) is 11.7. The van der Waals surface area contributed by atoms with Crippen molar-refractivity contribution < 1.29 is 15.0 Å². The number of thiazole rings is 1. The van der Waals surface area contributed by atoms with E-state index in [-0.39, 0.29) is 23.8 Å². The molecule has 0 aliphatic carbocycles. The fourth-order valence-electron chi connectivity index (χ4n) is 1.49. The fourth-order valence-corrected chi connectivity index (χ4v) is 2.83. The molecular weight excluding hydrogens is 286 g/mol. The van der Waals surface area contributed by atoms with Crippen molar-refractivity contribution in [3.8, 4) is 0 Å². The van der Waals surface area contributed by atoms with E-state index in [0.717, 1.165) is 10.2 Å².